The molecule has 0 saturated heterocycles. The zero-order valence-electron chi connectivity index (χ0n) is 11.1. The molecule has 4 rings (SSSR count). The van der Waals surface area contributed by atoms with Crippen LogP contribution >= 0.6 is 11.3 Å². The number of anilines is 2. The van der Waals surface area contributed by atoms with Crippen LogP contribution in [-0.2, 0) is 0 Å². The van der Waals surface area contributed by atoms with Gasteiger partial charge in [-0.25, -0.2) is 4.98 Å². The molecule has 2 aromatic heterocycles. The first kappa shape index (κ1) is 12.1. The van der Waals surface area contributed by atoms with Crippen LogP contribution in [0.3, 0.4) is 0 Å². The molecule has 0 aliphatic rings. The van der Waals surface area contributed by atoms with Gasteiger partial charge < -0.3 is 5.32 Å². The second-order valence-electron chi connectivity index (χ2n) is 4.69. The van der Waals surface area contributed by atoms with Gasteiger partial charge in [-0.15, -0.1) is 0 Å². The number of nitrogens with one attached hydrogen (secondary N) is 2. The van der Waals surface area contributed by atoms with Gasteiger partial charge in [0.15, 0.2) is 5.13 Å². The summed E-state index contributed by atoms with van der Waals surface area (Å²) in [6, 6.07) is 16.4. The van der Waals surface area contributed by atoms with Gasteiger partial charge in [-0.3, -0.25) is 5.10 Å². The average molecular weight is 292 g/mol. The Hall–Kier alpha value is -2.66. The van der Waals surface area contributed by atoms with E-state index < -0.39 is 0 Å². The molecule has 2 aromatic carbocycles. The molecule has 0 saturated carbocycles. The summed E-state index contributed by atoms with van der Waals surface area (Å²) in [4.78, 5) is 5.59. The molecule has 2 N–H and O–H groups in total. The van der Waals surface area contributed by atoms with E-state index in [4.69, 9.17) is 0 Å². The number of aromatic nitrogens is 3. The van der Waals surface area contributed by atoms with Crippen molar-refractivity contribution >= 4 is 33.1 Å². The molecule has 0 radical (unpaired) electrons. The van der Waals surface area contributed by atoms with Gasteiger partial charge in [0.25, 0.3) is 0 Å². The molecule has 0 amide bonds. The largest absolute Gasteiger partial charge is 0.331 e. The van der Waals surface area contributed by atoms with Crippen LogP contribution in [0.2, 0.25) is 0 Å². The smallest absolute Gasteiger partial charge is 0.187 e. The summed E-state index contributed by atoms with van der Waals surface area (Å²) in [6.07, 6.45) is 3.72. The zero-order chi connectivity index (χ0) is 14.1. The van der Waals surface area contributed by atoms with Crippen molar-refractivity contribution < 1.29 is 0 Å². The minimum Gasteiger partial charge on any atom is -0.331 e. The van der Waals surface area contributed by atoms with Crippen molar-refractivity contribution in [1.29, 1.82) is 0 Å². The van der Waals surface area contributed by atoms with Crippen LogP contribution < -0.4 is 5.32 Å². The van der Waals surface area contributed by atoms with Crippen LogP contribution in [0.5, 0.6) is 0 Å². The zero-order valence-corrected chi connectivity index (χ0v) is 11.9. The Bertz CT molecular complexity index is 879. The second kappa shape index (κ2) is 5.03. The first-order chi connectivity index (χ1) is 10.4. The Balaban J connectivity index is 1.61. The summed E-state index contributed by atoms with van der Waals surface area (Å²) >= 11 is 1.64. The molecule has 0 aliphatic carbocycles. The van der Waals surface area contributed by atoms with E-state index in [-0.39, 0.29) is 0 Å². The number of nitrogens with zero attached hydrogens (tertiary/aromatic N) is 2. The van der Waals surface area contributed by atoms with E-state index in [2.05, 4.69) is 32.6 Å². The molecule has 5 heteroatoms. The van der Waals surface area contributed by atoms with E-state index >= 15 is 0 Å². The number of fused-ring (bicyclic) bond motifs is 1. The quantitative estimate of drug-likeness (QED) is 0.587. The standard InChI is InChI=1S/C16H12N4S/c1-2-4-11(5-3-1)15-10-17-16(21-15)19-13-7-6-12-9-18-20-14(12)8-13/h1-10H,(H,17,19)(H,18,20). The Morgan fingerprint density at radius 2 is 1.90 bits per heavy atom. The lowest BCUT2D eigenvalue weighted by Crippen LogP contribution is -1.88. The van der Waals surface area contributed by atoms with E-state index in [0.717, 1.165) is 26.6 Å². The predicted molar refractivity (Wildman–Crippen MR) is 86.9 cm³/mol. The normalized spacial score (nSPS) is 10.9. The molecule has 102 valence electrons. The minimum atomic E-state index is 0.882. The van der Waals surface area contributed by atoms with Crippen LogP contribution in [0.25, 0.3) is 21.3 Å². The lowest BCUT2D eigenvalue weighted by Gasteiger charge is -2.01. The Morgan fingerprint density at radius 3 is 2.81 bits per heavy atom. The van der Waals surface area contributed by atoms with E-state index in [1.807, 2.05) is 48.8 Å². The summed E-state index contributed by atoms with van der Waals surface area (Å²) < 4.78 is 0. The van der Waals surface area contributed by atoms with Crippen molar-refractivity contribution in [3.8, 4) is 10.4 Å². The van der Waals surface area contributed by atoms with Crippen LogP contribution in [0.15, 0.2) is 60.9 Å². The third-order valence-corrected chi connectivity index (χ3v) is 4.22. The van der Waals surface area contributed by atoms with E-state index in [9.17, 15) is 0 Å². The molecule has 21 heavy (non-hydrogen) atoms. The molecule has 0 fully saturated rings. The van der Waals surface area contributed by atoms with Crippen molar-refractivity contribution in [3.05, 3.63) is 60.9 Å². The van der Waals surface area contributed by atoms with Crippen LogP contribution in [0.1, 0.15) is 0 Å². The first-order valence-corrected chi connectivity index (χ1v) is 7.41. The molecular formula is C16H12N4S. The number of thiazole rings is 1. The van der Waals surface area contributed by atoms with Crippen LogP contribution in [0, 0.1) is 0 Å². The van der Waals surface area contributed by atoms with Crippen molar-refractivity contribution in [2.75, 3.05) is 5.32 Å². The van der Waals surface area contributed by atoms with Crippen molar-refractivity contribution in [2.24, 2.45) is 0 Å². The molecule has 0 unspecified atom stereocenters. The summed E-state index contributed by atoms with van der Waals surface area (Å²) in [5, 5.41) is 12.3. The maximum absolute atomic E-state index is 4.44. The van der Waals surface area contributed by atoms with Crippen molar-refractivity contribution in [1.82, 2.24) is 15.2 Å². The third-order valence-electron chi connectivity index (χ3n) is 3.26. The molecule has 0 bridgehead atoms. The van der Waals surface area contributed by atoms with Crippen LogP contribution in [-0.4, -0.2) is 15.2 Å². The highest BCUT2D eigenvalue weighted by atomic mass is 32.1. The monoisotopic (exact) mass is 292 g/mol. The van der Waals surface area contributed by atoms with Crippen LogP contribution in [0.4, 0.5) is 10.8 Å². The van der Waals surface area contributed by atoms with E-state index in [1.54, 1.807) is 11.3 Å². The van der Waals surface area contributed by atoms with Gasteiger partial charge in [0.2, 0.25) is 0 Å². The summed E-state index contributed by atoms with van der Waals surface area (Å²) in [5.41, 5.74) is 3.20. The first-order valence-electron chi connectivity index (χ1n) is 6.60. The maximum atomic E-state index is 4.44. The Labute approximate surface area is 125 Å². The van der Waals surface area contributed by atoms with Gasteiger partial charge in [-0.1, -0.05) is 41.7 Å². The lowest BCUT2D eigenvalue weighted by atomic mass is 10.2. The highest BCUT2D eigenvalue weighted by molar-refractivity contribution is 7.18. The molecule has 4 aromatic rings. The third kappa shape index (κ3) is 2.39. The molecule has 0 spiro atoms. The lowest BCUT2D eigenvalue weighted by molar-refractivity contribution is 1.12. The second-order valence-corrected chi connectivity index (χ2v) is 5.72. The number of benzene rings is 2. The fraction of sp³-hybridized carbons (Fsp3) is 0. The van der Waals surface area contributed by atoms with Gasteiger partial charge in [0.1, 0.15) is 0 Å². The molecule has 0 atom stereocenters. The van der Waals surface area contributed by atoms with Gasteiger partial charge in [0, 0.05) is 17.3 Å². The SMILES string of the molecule is c1ccc(-c2cnc(Nc3ccc4cn[nH]c4c3)s2)cc1. The summed E-state index contributed by atoms with van der Waals surface area (Å²) in [5.74, 6) is 0. The predicted octanol–water partition coefficient (Wildman–Crippen LogP) is 4.43. The van der Waals surface area contributed by atoms with E-state index in [1.165, 1.54) is 5.56 Å². The fourth-order valence-electron chi connectivity index (χ4n) is 2.21. The Kier molecular flexibility index (Phi) is 2.90. The number of aromatic amines is 1. The van der Waals surface area contributed by atoms with Gasteiger partial charge in [-0.2, -0.15) is 5.10 Å². The van der Waals surface area contributed by atoms with Crippen molar-refractivity contribution in [2.45, 2.75) is 0 Å². The average Bonchev–Trinajstić information content (AvgIpc) is 3.17. The fourth-order valence-corrected chi connectivity index (χ4v) is 3.05. The van der Waals surface area contributed by atoms with Gasteiger partial charge in [0.05, 0.1) is 16.6 Å². The van der Waals surface area contributed by atoms with Gasteiger partial charge in [-0.05, 0) is 23.8 Å². The highest BCUT2D eigenvalue weighted by Crippen LogP contribution is 2.30. The maximum Gasteiger partial charge on any atom is 0.187 e. The molecular weight excluding hydrogens is 280 g/mol. The van der Waals surface area contributed by atoms with Crippen molar-refractivity contribution in [3.63, 3.8) is 0 Å². The summed E-state index contributed by atoms with van der Waals surface area (Å²) in [7, 11) is 0. The number of hydrogen-bond acceptors (Lipinski definition) is 4. The molecule has 4 nitrogen and oxygen atoms in total. The number of hydrogen-bond donors (Lipinski definition) is 2. The molecule has 2 heterocycles. The molecule has 0 aliphatic heterocycles. The Morgan fingerprint density at radius 1 is 1.00 bits per heavy atom. The van der Waals surface area contributed by atoms with Gasteiger partial charge >= 0.3 is 0 Å². The minimum absolute atomic E-state index is 0.882. The topological polar surface area (TPSA) is 53.6 Å². The summed E-state index contributed by atoms with van der Waals surface area (Å²) in [6.45, 7) is 0. The number of H-pyrrole nitrogens is 1. The highest BCUT2D eigenvalue weighted by Gasteiger charge is 2.05. The number of rotatable bonds is 3. The van der Waals surface area contributed by atoms with E-state index in [0.29, 0.717) is 0 Å².